The second-order valence-electron chi connectivity index (χ2n) is 25.7. The highest BCUT2D eigenvalue weighted by molar-refractivity contribution is 5.12. The summed E-state index contributed by atoms with van der Waals surface area (Å²) in [4.78, 5) is 7.03. The lowest BCUT2D eigenvalue weighted by Crippen LogP contribution is -2.70. The van der Waals surface area contributed by atoms with Gasteiger partial charge >= 0.3 is 0 Å². The van der Waals surface area contributed by atoms with E-state index in [1.807, 2.05) is 0 Å². The van der Waals surface area contributed by atoms with Gasteiger partial charge in [-0.3, -0.25) is 9.80 Å². The third kappa shape index (κ3) is 10.6. The molecule has 2 heteroatoms. The van der Waals surface area contributed by atoms with Crippen molar-refractivity contribution < 1.29 is 0 Å². The molecule has 0 saturated heterocycles. The first-order chi connectivity index (χ1) is 27.8. The number of hydrogen-bond acceptors (Lipinski definition) is 2. The average Bonchev–Trinajstić information content (AvgIpc) is 3.21. The lowest BCUT2D eigenvalue weighted by atomic mass is 9.49. The summed E-state index contributed by atoms with van der Waals surface area (Å²) in [5.41, 5.74) is 0.842. The van der Waals surface area contributed by atoms with Crippen LogP contribution in [0.2, 0.25) is 0 Å². The maximum Gasteiger partial charge on any atom is 0.0164 e. The van der Waals surface area contributed by atoms with E-state index >= 15 is 0 Å². The van der Waals surface area contributed by atoms with Crippen molar-refractivity contribution in [1.82, 2.24) is 9.80 Å². The normalized spacial score (nSPS) is 43.2. The van der Waals surface area contributed by atoms with E-state index in [-0.39, 0.29) is 0 Å². The Hall–Kier alpha value is -0.0800. The number of hydrogen-bond donors (Lipinski definition) is 0. The van der Waals surface area contributed by atoms with E-state index in [0.29, 0.717) is 10.8 Å². The summed E-state index contributed by atoms with van der Waals surface area (Å²) in [6.45, 7) is 25.8. The zero-order chi connectivity index (χ0) is 41.2. The summed E-state index contributed by atoms with van der Waals surface area (Å²) in [7, 11) is 0. The molecule has 0 N–H and O–H groups in total. The zero-order valence-electron chi connectivity index (χ0n) is 40.9. The number of rotatable bonds is 12. The monoisotopic (exact) mass is 803 g/mol. The van der Waals surface area contributed by atoms with Crippen molar-refractivity contribution >= 4 is 0 Å². The van der Waals surface area contributed by atoms with Gasteiger partial charge in [-0.25, -0.2) is 0 Å². The van der Waals surface area contributed by atoms with Crippen LogP contribution >= 0.6 is 0 Å². The first kappa shape index (κ1) is 45.9. The standard InChI is InChI=1S/C56H102N2/c1-11-13-15-41-21-31-47(32-22-41)57(45-27-17-39(3)18-28-45)53-49-35-25-44(56(8,9)10)38-52(49)54(50-36-26-43(37-51(50)53)55(5,6)7)58(46-29-19-40(4)20-30-46)48-33-23-42(24-34-48)16-14-12-2/h39-54H,11-38H2,1-10H3. The fourth-order valence-electron chi connectivity index (χ4n) is 16.3. The lowest BCUT2D eigenvalue weighted by Gasteiger charge is -2.66. The maximum absolute atomic E-state index is 3.52. The smallest absolute Gasteiger partial charge is 0.0164 e. The maximum atomic E-state index is 3.52. The Morgan fingerprint density at radius 2 is 0.690 bits per heavy atom. The molecule has 2 nitrogen and oxygen atoms in total. The predicted molar refractivity (Wildman–Crippen MR) is 252 cm³/mol. The van der Waals surface area contributed by atoms with E-state index in [1.165, 1.54) is 180 Å². The first-order valence-electron chi connectivity index (χ1n) is 27.3. The lowest BCUT2D eigenvalue weighted by molar-refractivity contribution is -0.166. The molecule has 0 aromatic heterocycles. The summed E-state index contributed by atoms with van der Waals surface area (Å²) < 4.78 is 0. The van der Waals surface area contributed by atoms with Gasteiger partial charge in [0, 0.05) is 36.3 Å². The van der Waals surface area contributed by atoms with Crippen LogP contribution in [0.3, 0.4) is 0 Å². The minimum atomic E-state index is 0.421. The summed E-state index contributed by atoms with van der Waals surface area (Å²) in [6.07, 6.45) is 41.8. The molecule has 7 saturated carbocycles. The molecule has 8 unspecified atom stereocenters. The van der Waals surface area contributed by atoms with E-state index in [1.54, 1.807) is 0 Å². The van der Waals surface area contributed by atoms with Gasteiger partial charge in [0.25, 0.3) is 0 Å². The minimum Gasteiger partial charge on any atom is -0.294 e. The van der Waals surface area contributed by atoms with E-state index in [9.17, 15) is 0 Å². The molecule has 0 bridgehead atoms. The second-order valence-corrected chi connectivity index (χ2v) is 25.7. The highest BCUT2D eigenvalue weighted by Crippen LogP contribution is 2.61. The molecule has 336 valence electrons. The van der Waals surface area contributed by atoms with Gasteiger partial charge < -0.3 is 0 Å². The van der Waals surface area contributed by atoms with Crippen LogP contribution in [0.15, 0.2) is 0 Å². The fraction of sp³-hybridized carbons (Fsp3) is 1.00. The van der Waals surface area contributed by atoms with Gasteiger partial charge in [-0.1, -0.05) is 108 Å². The van der Waals surface area contributed by atoms with E-state index in [4.69, 9.17) is 0 Å². The Bertz CT molecular complexity index is 1100. The van der Waals surface area contributed by atoms with Crippen LogP contribution in [0.25, 0.3) is 0 Å². The Balaban J connectivity index is 1.30. The average molecular weight is 803 g/mol. The minimum absolute atomic E-state index is 0.421. The molecule has 0 radical (unpaired) electrons. The molecule has 0 aliphatic heterocycles. The van der Waals surface area contributed by atoms with Gasteiger partial charge in [-0.05, 0) is 211 Å². The molecule has 0 amide bonds. The molecule has 7 aliphatic rings. The van der Waals surface area contributed by atoms with Crippen LogP contribution in [0, 0.1) is 70.0 Å². The summed E-state index contributed by atoms with van der Waals surface area (Å²) in [5.74, 6) is 9.27. The molecule has 8 atom stereocenters. The topological polar surface area (TPSA) is 6.48 Å². The largest absolute Gasteiger partial charge is 0.294 e. The first-order valence-corrected chi connectivity index (χ1v) is 27.3. The summed E-state index contributed by atoms with van der Waals surface area (Å²) >= 11 is 0. The van der Waals surface area contributed by atoms with Crippen molar-refractivity contribution in [2.45, 2.75) is 285 Å². The molecule has 58 heavy (non-hydrogen) atoms. The quantitative estimate of drug-likeness (QED) is 0.194. The molecular formula is C56H102N2. The van der Waals surface area contributed by atoms with Crippen molar-refractivity contribution in [3.05, 3.63) is 0 Å². The van der Waals surface area contributed by atoms with Crippen molar-refractivity contribution in [2.24, 2.45) is 70.0 Å². The van der Waals surface area contributed by atoms with E-state index in [0.717, 1.165) is 95.4 Å². The Morgan fingerprint density at radius 1 is 0.379 bits per heavy atom. The van der Waals surface area contributed by atoms with Gasteiger partial charge in [-0.2, -0.15) is 0 Å². The fourth-order valence-corrected chi connectivity index (χ4v) is 16.3. The van der Waals surface area contributed by atoms with Crippen LogP contribution in [0.1, 0.15) is 249 Å². The summed E-state index contributed by atoms with van der Waals surface area (Å²) in [5, 5.41) is 0. The molecule has 0 aromatic rings. The molecule has 0 heterocycles. The van der Waals surface area contributed by atoms with Gasteiger partial charge in [-0.15, -0.1) is 0 Å². The number of nitrogens with zero attached hydrogens (tertiary/aromatic N) is 2. The van der Waals surface area contributed by atoms with Crippen molar-refractivity contribution in [3.63, 3.8) is 0 Å². The van der Waals surface area contributed by atoms with Crippen molar-refractivity contribution in [3.8, 4) is 0 Å². The second kappa shape index (κ2) is 20.2. The van der Waals surface area contributed by atoms with Crippen LogP contribution in [-0.2, 0) is 0 Å². The van der Waals surface area contributed by atoms with E-state index in [2.05, 4.69) is 79.0 Å². The number of fused-ring (bicyclic) bond motifs is 2. The highest BCUT2D eigenvalue weighted by Gasteiger charge is 2.60. The van der Waals surface area contributed by atoms with Gasteiger partial charge in [0.2, 0.25) is 0 Å². The Morgan fingerprint density at radius 3 is 0.983 bits per heavy atom. The van der Waals surface area contributed by atoms with Crippen LogP contribution in [0.5, 0.6) is 0 Å². The molecule has 0 aromatic carbocycles. The van der Waals surface area contributed by atoms with Gasteiger partial charge in [0.15, 0.2) is 0 Å². The third-order valence-electron chi connectivity index (χ3n) is 20.0. The molecular weight excluding hydrogens is 701 g/mol. The van der Waals surface area contributed by atoms with Crippen molar-refractivity contribution in [2.75, 3.05) is 0 Å². The highest BCUT2D eigenvalue weighted by atomic mass is 15.3. The predicted octanol–water partition coefficient (Wildman–Crippen LogP) is 16.2. The van der Waals surface area contributed by atoms with Gasteiger partial charge in [0.1, 0.15) is 0 Å². The zero-order valence-corrected chi connectivity index (χ0v) is 40.9. The Labute approximate surface area is 363 Å². The van der Waals surface area contributed by atoms with E-state index < -0.39 is 0 Å². The number of unbranched alkanes of at least 4 members (excludes halogenated alkanes) is 2. The van der Waals surface area contributed by atoms with Crippen LogP contribution in [-0.4, -0.2) is 46.1 Å². The molecule has 0 spiro atoms. The summed E-state index contributed by atoms with van der Waals surface area (Å²) in [6, 6.07) is 5.08. The van der Waals surface area contributed by atoms with Crippen molar-refractivity contribution in [1.29, 1.82) is 0 Å². The van der Waals surface area contributed by atoms with Gasteiger partial charge in [0.05, 0.1) is 0 Å². The third-order valence-corrected chi connectivity index (χ3v) is 20.0. The molecule has 7 rings (SSSR count). The molecule has 7 aliphatic carbocycles. The SMILES string of the molecule is CCCCC1CCC(N(C2CCC(C)CC2)C2C3CCC(C(C)(C)C)CC3C(N(C3CCC(C)CC3)C3CCC(CCCC)CC3)C3CCC(C(C)(C)C)CC32)CC1. The molecule has 7 fully saturated rings. The Kier molecular flexibility index (Phi) is 16.0. The van der Waals surface area contributed by atoms with Crippen LogP contribution < -0.4 is 0 Å². The van der Waals surface area contributed by atoms with Crippen LogP contribution in [0.4, 0.5) is 0 Å².